The molecule has 3 N–H and O–H groups in total. The van der Waals surface area contributed by atoms with Crippen molar-refractivity contribution in [2.75, 3.05) is 5.73 Å². The van der Waals surface area contributed by atoms with Crippen LogP contribution in [0.25, 0.3) is 10.9 Å². The number of fused-ring (bicyclic) bond motifs is 1. The molecule has 6 nitrogen and oxygen atoms in total. The zero-order valence-electron chi connectivity index (χ0n) is 10.1. The number of nitrogens with zero attached hydrogens (tertiary/aromatic N) is 3. The van der Waals surface area contributed by atoms with Gasteiger partial charge in [0.25, 0.3) is 0 Å². The fourth-order valence-corrected chi connectivity index (χ4v) is 2.68. The number of rotatable bonds is 2. The second-order valence-electron chi connectivity index (χ2n) is 4.02. The van der Waals surface area contributed by atoms with Gasteiger partial charge in [0.15, 0.2) is 5.16 Å². The number of aromatic nitrogens is 4. The molecule has 3 aromatic rings. The smallest absolute Gasteiger partial charge is 0.343 e. The van der Waals surface area contributed by atoms with E-state index in [9.17, 15) is 4.79 Å². The zero-order chi connectivity index (χ0) is 13.4. The van der Waals surface area contributed by atoms with E-state index in [4.69, 9.17) is 5.73 Å². The molecule has 2 heterocycles. The minimum atomic E-state index is -0.241. The van der Waals surface area contributed by atoms with Gasteiger partial charge in [0, 0.05) is 29.2 Å². The molecular weight excluding hydrogens is 262 g/mol. The van der Waals surface area contributed by atoms with Crippen molar-refractivity contribution in [1.82, 2.24) is 19.7 Å². The van der Waals surface area contributed by atoms with E-state index < -0.39 is 0 Å². The molecule has 3 rings (SSSR count). The van der Waals surface area contributed by atoms with E-state index in [1.165, 1.54) is 16.3 Å². The third-order valence-corrected chi connectivity index (χ3v) is 3.90. The van der Waals surface area contributed by atoms with Crippen LogP contribution in [-0.2, 0) is 7.05 Å². The predicted octanol–water partition coefficient (Wildman–Crippen LogP) is 1.39. The normalized spacial score (nSPS) is 11.0. The largest absolute Gasteiger partial charge is 0.398 e. The van der Waals surface area contributed by atoms with Crippen molar-refractivity contribution in [2.24, 2.45) is 7.05 Å². The minimum Gasteiger partial charge on any atom is -0.398 e. The molecule has 19 heavy (non-hydrogen) atoms. The summed E-state index contributed by atoms with van der Waals surface area (Å²) in [5, 5.41) is 7.86. The highest BCUT2D eigenvalue weighted by Crippen LogP contribution is 2.32. The Morgan fingerprint density at radius 1 is 1.37 bits per heavy atom. The summed E-state index contributed by atoms with van der Waals surface area (Å²) in [6, 6.07) is 7.48. The number of pyridine rings is 1. The first kappa shape index (κ1) is 11.8. The van der Waals surface area contributed by atoms with Crippen molar-refractivity contribution < 1.29 is 0 Å². The molecule has 0 aliphatic heterocycles. The van der Waals surface area contributed by atoms with E-state index in [1.807, 2.05) is 24.3 Å². The molecule has 1 aromatic carbocycles. The Morgan fingerprint density at radius 3 is 2.95 bits per heavy atom. The van der Waals surface area contributed by atoms with Crippen molar-refractivity contribution in [3.8, 4) is 0 Å². The first-order chi connectivity index (χ1) is 9.16. The summed E-state index contributed by atoms with van der Waals surface area (Å²) in [6.07, 6.45) is 1.72. The van der Waals surface area contributed by atoms with Gasteiger partial charge in [-0.15, -0.1) is 5.10 Å². The molecule has 0 saturated carbocycles. The van der Waals surface area contributed by atoms with E-state index in [1.54, 1.807) is 13.2 Å². The van der Waals surface area contributed by atoms with Crippen molar-refractivity contribution in [2.45, 2.75) is 10.1 Å². The number of anilines is 1. The first-order valence-electron chi connectivity index (χ1n) is 5.59. The second kappa shape index (κ2) is 4.43. The zero-order valence-corrected chi connectivity index (χ0v) is 10.9. The second-order valence-corrected chi connectivity index (χ2v) is 5.03. The number of benzene rings is 1. The Kier molecular flexibility index (Phi) is 2.75. The highest BCUT2D eigenvalue weighted by Gasteiger charge is 2.11. The summed E-state index contributed by atoms with van der Waals surface area (Å²) in [7, 11) is 1.67. The number of hydrogen-bond acceptors (Lipinski definition) is 5. The van der Waals surface area contributed by atoms with Gasteiger partial charge in [-0.25, -0.2) is 9.89 Å². The Hall–Kier alpha value is -2.28. The maximum atomic E-state index is 11.3. The average molecular weight is 273 g/mol. The molecule has 96 valence electrons. The van der Waals surface area contributed by atoms with Crippen LogP contribution in [0.3, 0.4) is 0 Å². The van der Waals surface area contributed by atoms with Crippen LogP contribution >= 0.6 is 11.8 Å². The van der Waals surface area contributed by atoms with E-state index in [2.05, 4.69) is 15.2 Å². The summed E-state index contributed by atoms with van der Waals surface area (Å²) in [4.78, 5) is 16.6. The van der Waals surface area contributed by atoms with Gasteiger partial charge in [0.05, 0.1) is 5.52 Å². The summed E-state index contributed by atoms with van der Waals surface area (Å²) in [6.45, 7) is 0. The molecule has 0 amide bonds. The highest BCUT2D eigenvalue weighted by atomic mass is 32.2. The van der Waals surface area contributed by atoms with Gasteiger partial charge < -0.3 is 5.73 Å². The lowest BCUT2D eigenvalue weighted by molar-refractivity contribution is 0.766. The molecule has 0 unspecified atom stereocenters. The van der Waals surface area contributed by atoms with Crippen LogP contribution in [0.15, 0.2) is 45.3 Å². The van der Waals surface area contributed by atoms with Gasteiger partial charge in [-0.1, -0.05) is 0 Å². The Labute approximate surface area is 112 Å². The third kappa shape index (κ3) is 1.97. The maximum Gasteiger partial charge on any atom is 0.343 e. The van der Waals surface area contributed by atoms with E-state index >= 15 is 0 Å². The van der Waals surface area contributed by atoms with E-state index in [-0.39, 0.29) is 5.69 Å². The SMILES string of the molecule is Cn1c(Sc2ccc(N)c3cccnc23)n[nH]c1=O. The quantitative estimate of drug-likeness (QED) is 0.689. The fourth-order valence-electron chi connectivity index (χ4n) is 1.77. The lowest BCUT2D eigenvalue weighted by Gasteiger charge is -2.06. The molecule has 0 bridgehead atoms. The van der Waals surface area contributed by atoms with E-state index in [0.717, 1.165) is 15.8 Å². The lowest BCUT2D eigenvalue weighted by atomic mass is 10.2. The summed E-state index contributed by atoms with van der Waals surface area (Å²) < 4.78 is 1.45. The Morgan fingerprint density at radius 2 is 2.21 bits per heavy atom. The van der Waals surface area contributed by atoms with Gasteiger partial charge in [-0.05, 0) is 36.0 Å². The standard InChI is InChI=1S/C12H11N5OS/c1-17-11(18)15-16-12(17)19-9-5-4-8(13)7-3-2-6-14-10(7)9/h2-6H,13H2,1H3,(H,15,18). The lowest BCUT2D eigenvalue weighted by Crippen LogP contribution is -2.12. The highest BCUT2D eigenvalue weighted by molar-refractivity contribution is 7.99. The molecule has 0 radical (unpaired) electrons. The molecular formula is C12H11N5OS. The summed E-state index contributed by atoms with van der Waals surface area (Å²) in [5.74, 6) is 0. The van der Waals surface area contributed by atoms with Gasteiger partial charge >= 0.3 is 5.69 Å². The summed E-state index contributed by atoms with van der Waals surface area (Å²) in [5.41, 5.74) is 7.18. The fraction of sp³-hybridized carbons (Fsp3) is 0.0833. The van der Waals surface area contributed by atoms with Gasteiger partial charge in [-0.3, -0.25) is 9.55 Å². The summed E-state index contributed by atoms with van der Waals surface area (Å²) >= 11 is 1.38. The van der Waals surface area contributed by atoms with Crippen molar-refractivity contribution in [3.63, 3.8) is 0 Å². The number of hydrogen-bond donors (Lipinski definition) is 2. The first-order valence-corrected chi connectivity index (χ1v) is 6.41. The van der Waals surface area contributed by atoms with Gasteiger partial charge in [-0.2, -0.15) is 0 Å². The van der Waals surface area contributed by atoms with Gasteiger partial charge in [0.2, 0.25) is 0 Å². The number of nitrogens with two attached hydrogens (primary N) is 1. The van der Waals surface area contributed by atoms with E-state index in [0.29, 0.717) is 10.8 Å². The number of aromatic amines is 1. The Balaban J connectivity index is 2.14. The van der Waals surface area contributed by atoms with Crippen LogP contribution < -0.4 is 11.4 Å². The monoisotopic (exact) mass is 273 g/mol. The molecule has 0 atom stereocenters. The van der Waals surface area contributed by atoms with Crippen LogP contribution in [0.4, 0.5) is 5.69 Å². The van der Waals surface area contributed by atoms with Crippen molar-refractivity contribution in [3.05, 3.63) is 40.9 Å². The van der Waals surface area contributed by atoms with Crippen LogP contribution in [0.2, 0.25) is 0 Å². The number of H-pyrrole nitrogens is 1. The van der Waals surface area contributed by atoms with Crippen LogP contribution in [0, 0.1) is 0 Å². The number of nitrogens with one attached hydrogen (secondary N) is 1. The maximum absolute atomic E-state index is 11.3. The van der Waals surface area contributed by atoms with Crippen molar-refractivity contribution in [1.29, 1.82) is 0 Å². The molecule has 0 aliphatic rings. The molecule has 0 aliphatic carbocycles. The van der Waals surface area contributed by atoms with Crippen LogP contribution in [0.1, 0.15) is 0 Å². The number of nitrogen functional groups attached to an aromatic ring is 1. The predicted molar refractivity (Wildman–Crippen MR) is 74.1 cm³/mol. The van der Waals surface area contributed by atoms with Gasteiger partial charge in [0.1, 0.15) is 0 Å². The molecule has 2 aromatic heterocycles. The topological polar surface area (TPSA) is 89.6 Å². The molecule has 0 fully saturated rings. The molecule has 0 spiro atoms. The third-order valence-electron chi connectivity index (χ3n) is 2.81. The van der Waals surface area contributed by atoms with Crippen molar-refractivity contribution >= 4 is 28.4 Å². The minimum absolute atomic E-state index is 0.241. The Bertz CT molecular complexity index is 807. The molecule has 0 saturated heterocycles. The average Bonchev–Trinajstić information content (AvgIpc) is 2.74. The van der Waals surface area contributed by atoms with Crippen LogP contribution in [-0.4, -0.2) is 19.7 Å². The van der Waals surface area contributed by atoms with Crippen LogP contribution in [0.5, 0.6) is 0 Å². The molecule has 7 heteroatoms.